The van der Waals surface area contributed by atoms with Crippen molar-refractivity contribution in [2.45, 2.75) is 6.61 Å². The molecule has 3 aromatic rings. The molecular formula is C12H12N8O. The van der Waals surface area contributed by atoms with Gasteiger partial charge in [0.05, 0.1) is 0 Å². The van der Waals surface area contributed by atoms with Crippen LogP contribution >= 0.6 is 0 Å². The first-order valence-corrected chi connectivity index (χ1v) is 6.09. The van der Waals surface area contributed by atoms with Gasteiger partial charge in [0.15, 0.2) is 0 Å². The lowest BCUT2D eigenvalue weighted by Gasteiger charge is -2.07. The highest BCUT2D eigenvalue weighted by molar-refractivity contribution is 5.28. The molecule has 0 aliphatic rings. The van der Waals surface area contributed by atoms with Crippen molar-refractivity contribution in [2.75, 3.05) is 5.43 Å². The average Bonchev–Trinajstić information content (AvgIpc) is 3.08. The molecule has 9 heteroatoms. The van der Waals surface area contributed by atoms with Crippen LogP contribution in [-0.2, 0) is 6.61 Å². The zero-order valence-electron chi connectivity index (χ0n) is 10.9. The van der Waals surface area contributed by atoms with E-state index in [0.29, 0.717) is 6.61 Å². The fourth-order valence-corrected chi connectivity index (χ4v) is 1.61. The van der Waals surface area contributed by atoms with Gasteiger partial charge in [0, 0.05) is 0 Å². The normalized spacial score (nSPS) is 10.3. The molecule has 0 saturated carbocycles. The molecule has 0 aliphatic heterocycles. The number of nitrogens with two attached hydrogens (primary N) is 1. The number of nitrogens with zero attached hydrogens (tertiary/aromatic N) is 6. The van der Waals surface area contributed by atoms with Crippen LogP contribution in [0.25, 0.3) is 5.95 Å². The van der Waals surface area contributed by atoms with Crippen LogP contribution in [0, 0.1) is 0 Å². The van der Waals surface area contributed by atoms with Gasteiger partial charge in [-0.25, -0.2) is 10.8 Å². The Balaban J connectivity index is 1.83. The Bertz CT molecular complexity index is 701. The molecule has 21 heavy (non-hydrogen) atoms. The number of aromatic nitrogens is 6. The minimum atomic E-state index is 0.146. The van der Waals surface area contributed by atoms with Gasteiger partial charge in [0.1, 0.15) is 19.3 Å². The van der Waals surface area contributed by atoms with Crippen molar-refractivity contribution in [3.8, 4) is 12.0 Å². The summed E-state index contributed by atoms with van der Waals surface area (Å²) in [5.41, 5.74) is 3.37. The van der Waals surface area contributed by atoms with E-state index in [9.17, 15) is 0 Å². The number of rotatable bonds is 5. The molecule has 0 saturated heterocycles. The van der Waals surface area contributed by atoms with Crippen molar-refractivity contribution in [1.29, 1.82) is 0 Å². The Morgan fingerprint density at radius 2 is 2.00 bits per heavy atom. The highest BCUT2D eigenvalue weighted by Crippen LogP contribution is 2.11. The first kappa shape index (κ1) is 12.9. The zero-order chi connectivity index (χ0) is 14.5. The van der Waals surface area contributed by atoms with E-state index in [1.165, 1.54) is 17.3 Å². The Labute approximate surface area is 119 Å². The van der Waals surface area contributed by atoms with E-state index in [1.54, 1.807) is 0 Å². The molecule has 0 fully saturated rings. The molecule has 0 aliphatic carbocycles. The van der Waals surface area contributed by atoms with Gasteiger partial charge in [0.25, 0.3) is 5.95 Å². The third-order valence-electron chi connectivity index (χ3n) is 2.57. The summed E-state index contributed by atoms with van der Waals surface area (Å²) in [6.45, 7) is 0.339. The van der Waals surface area contributed by atoms with E-state index in [2.05, 4.69) is 30.5 Å². The average molecular weight is 284 g/mol. The van der Waals surface area contributed by atoms with E-state index >= 15 is 0 Å². The van der Waals surface area contributed by atoms with E-state index in [-0.39, 0.29) is 17.9 Å². The molecule has 0 radical (unpaired) electrons. The Hall–Kier alpha value is -3.07. The number of hydrogen-bond acceptors (Lipinski definition) is 8. The predicted octanol–water partition coefficient (Wildman–Crippen LogP) is 0.317. The van der Waals surface area contributed by atoms with Crippen LogP contribution in [0.3, 0.4) is 0 Å². The number of benzene rings is 1. The predicted molar refractivity (Wildman–Crippen MR) is 73.3 cm³/mol. The summed E-state index contributed by atoms with van der Waals surface area (Å²) in [6.07, 6.45) is 2.85. The largest absolute Gasteiger partial charge is 0.458 e. The molecule has 0 spiro atoms. The van der Waals surface area contributed by atoms with Gasteiger partial charge in [0.2, 0.25) is 5.95 Å². The standard InChI is InChI=1S/C12H12N8O/c13-19-10-16-11(20-8-14-7-15-20)18-12(17-10)21-6-9-4-2-1-3-5-9/h1-5,7-8H,6,13H2,(H,16,17,18,19). The number of anilines is 1. The summed E-state index contributed by atoms with van der Waals surface area (Å²) < 4.78 is 6.94. The summed E-state index contributed by atoms with van der Waals surface area (Å²) in [5, 5.41) is 3.95. The maximum absolute atomic E-state index is 5.55. The van der Waals surface area contributed by atoms with Gasteiger partial charge in [-0.2, -0.15) is 24.7 Å². The molecular weight excluding hydrogens is 272 g/mol. The van der Waals surface area contributed by atoms with E-state index in [0.717, 1.165) is 5.56 Å². The van der Waals surface area contributed by atoms with E-state index < -0.39 is 0 Å². The van der Waals surface area contributed by atoms with Crippen molar-refractivity contribution in [2.24, 2.45) is 5.84 Å². The van der Waals surface area contributed by atoms with Crippen molar-refractivity contribution >= 4 is 5.95 Å². The summed E-state index contributed by atoms with van der Waals surface area (Å²) in [5.74, 6) is 5.79. The highest BCUT2D eigenvalue weighted by Gasteiger charge is 2.09. The molecule has 0 unspecified atom stereocenters. The van der Waals surface area contributed by atoms with Crippen LogP contribution in [0.15, 0.2) is 43.0 Å². The topological polar surface area (TPSA) is 117 Å². The van der Waals surface area contributed by atoms with Gasteiger partial charge in [-0.3, -0.25) is 5.43 Å². The molecule has 9 nitrogen and oxygen atoms in total. The SMILES string of the molecule is NNc1nc(OCc2ccccc2)nc(-n2cncn2)n1. The summed E-state index contributed by atoms with van der Waals surface area (Å²) in [7, 11) is 0. The van der Waals surface area contributed by atoms with Crippen molar-refractivity contribution in [1.82, 2.24) is 29.7 Å². The van der Waals surface area contributed by atoms with Gasteiger partial charge < -0.3 is 4.74 Å². The lowest BCUT2D eigenvalue weighted by atomic mass is 10.2. The van der Waals surface area contributed by atoms with Gasteiger partial charge in [-0.05, 0) is 5.56 Å². The Morgan fingerprint density at radius 1 is 1.14 bits per heavy atom. The van der Waals surface area contributed by atoms with Crippen LogP contribution in [0.1, 0.15) is 5.56 Å². The van der Waals surface area contributed by atoms with Crippen molar-refractivity contribution < 1.29 is 4.74 Å². The molecule has 2 heterocycles. The molecule has 0 amide bonds. The lowest BCUT2D eigenvalue weighted by Crippen LogP contribution is -2.15. The molecule has 1 aromatic carbocycles. The maximum Gasteiger partial charge on any atom is 0.323 e. The summed E-state index contributed by atoms with van der Waals surface area (Å²) in [6, 6.07) is 9.83. The lowest BCUT2D eigenvalue weighted by molar-refractivity contribution is 0.279. The number of hydrazine groups is 1. The number of ether oxygens (including phenoxy) is 1. The summed E-state index contributed by atoms with van der Waals surface area (Å²) >= 11 is 0. The Morgan fingerprint density at radius 3 is 2.71 bits per heavy atom. The fourth-order valence-electron chi connectivity index (χ4n) is 1.61. The molecule has 0 atom stereocenters. The van der Waals surface area contributed by atoms with Crippen LogP contribution in [-0.4, -0.2) is 29.7 Å². The first-order valence-electron chi connectivity index (χ1n) is 6.09. The smallest absolute Gasteiger partial charge is 0.323 e. The second kappa shape index (κ2) is 5.92. The minimum Gasteiger partial charge on any atom is -0.458 e. The highest BCUT2D eigenvalue weighted by atomic mass is 16.5. The van der Waals surface area contributed by atoms with E-state index in [1.807, 2.05) is 30.3 Å². The third kappa shape index (κ3) is 3.09. The van der Waals surface area contributed by atoms with Crippen molar-refractivity contribution in [3.05, 3.63) is 48.5 Å². The molecule has 3 rings (SSSR count). The van der Waals surface area contributed by atoms with Crippen LogP contribution in [0.2, 0.25) is 0 Å². The quantitative estimate of drug-likeness (QED) is 0.508. The molecule has 3 N–H and O–H groups in total. The van der Waals surface area contributed by atoms with Crippen LogP contribution in [0.5, 0.6) is 6.01 Å². The number of hydrogen-bond donors (Lipinski definition) is 2. The van der Waals surface area contributed by atoms with Gasteiger partial charge in [-0.1, -0.05) is 30.3 Å². The first-order chi connectivity index (χ1) is 10.3. The Kier molecular flexibility index (Phi) is 3.65. The van der Waals surface area contributed by atoms with Gasteiger partial charge >= 0.3 is 6.01 Å². The second-order valence-electron chi connectivity index (χ2n) is 4.00. The van der Waals surface area contributed by atoms with Crippen LogP contribution in [0.4, 0.5) is 5.95 Å². The third-order valence-corrected chi connectivity index (χ3v) is 2.57. The monoisotopic (exact) mass is 284 g/mol. The van der Waals surface area contributed by atoms with Gasteiger partial charge in [-0.15, -0.1) is 0 Å². The minimum absolute atomic E-state index is 0.146. The zero-order valence-corrected chi connectivity index (χ0v) is 10.9. The number of nitrogen functional groups attached to an aromatic ring is 1. The van der Waals surface area contributed by atoms with Crippen molar-refractivity contribution in [3.63, 3.8) is 0 Å². The molecule has 106 valence electrons. The second-order valence-corrected chi connectivity index (χ2v) is 4.00. The molecule has 0 bridgehead atoms. The maximum atomic E-state index is 5.55. The number of nitrogens with one attached hydrogen (secondary N) is 1. The fraction of sp³-hybridized carbons (Fsp3) is 0.0833. The summed E-state index contributed by atoms with van der Waals surface area (Å²) in [4.78, 5) is 16.1. The van der Waals surface area contributed by atoms with Crippen LogP contribution < -0.4 is 16.0 Å². The molecule has 2 aromatic heterocycles. The van der Waals surface area contributed by atoms with E-state index in [4.69, 9.17) is 10.6 Å².